The van der Waals surface area contributed by atoms with Gasteiger partial charge in [0.05, 0.1) is 10.3 Å². The van der Waals surface area contributed by atoms with Gasteiger partial charge in [0.1, 0.15) is 0 Å². The molecule has 1 fully saturated rings. The molecule has 1 aliphatic carbocycles. The van der Waals surface area contributed by atoms with E-state index >= 15 is 0 Å². The molecule has 0 saturated heterocycles. The second kappa shape index (κ2) is 4.49. The summed E-state index contributed by atoms with van der Waals surface area (Å²) in [6.07, 6.45) is 4.55. The van der Waals surface area contributed by atoms with Gasteiger partial charge in [-0.3, -0.25) is 0 Å². The monoisotopic (exact) mass is 214 g/mol. The van der Waals surface area contributed by atoms with E-state index in [2.05, 4.69) is 17.5 Å². The number of aliphatic hydroxyl groups excluding tert-OH is 1. The lowest BCUT2D eigenvalue weighted by Crippen LogP contribution is -2.26. The van der Waals surface area contributed by atoms with Gasteiger partial charge >= 0.3 is 0 Å². The van der Waals surface area contributed by atoms with Gasteiger partial charge in [-0.2, -0.15) is 0 Å². The molecule has 0 aromatic carbocycles. The standard InChI is InChI=1S/C10H14OS2/c11-8-4-1-2-5-9(8)13-10-6-3-7-12-10/h3,6-9,11H,1-2,4-5H2. The van der Waals surface area contributed by atoms with Gasteiger partial charge in [0.15, 0.2) is 0 Å². The van der Waals surface area contributed by atoms with Crippen LogP contribution in [0.1, 0.15) is 25.7 Å². The summed E-state index contributed by atoms with van der Waals surface area (Å²) in [4.78, 5) is 0. The van der Waals surface area contributed by atoms with Crippen LogP contribution in [-0.2, 0) is 0 Å². The first-order valence-corrected chi connectivity index (χ1v) is 6.50. The maximum absolute atomic E-state index is 9.75. The molecule has 3 heteroatoms. The fourth-order valence-electron chi connectivity index (χ4n) is 1.69. The Morgan fingerprint density at radius 3 is 2.92 bits per heavy atom. The summed E-state index contributed by atoms with van der Waals surface area (Å²) < 4.78 is 1.34. The van der Waals surface area contributed by atoms with Crippen LogP contribution in [0.15, 0.2) is 21.7 Å². The molecule has 13 heavy (non-hydrogen) atoms. The maximum atomic E-state index is 9.75. The Balaban J connectivity index is 1.93. The van der Waals surface area contributed by atoms with Crippen LogP contribution < -0.4 is 0 Å². The molecule has 1 heterocycles. The lowest BCUT2D eigenvalue weighted by atomic mass is 9.97. The molecule has 1 N–H and O–H groups in total. The number of thiophene rings is 1. The molecule has 0 bridgehead atoms. The highest BCUT2D eigenvalue weighted by molar-refractivity contribution is 8.01. The number of hydrogen-bond donors (Lipinski definition) is 1. The van der Waals surface area contributed by atoms with E-state index in [4.69, 9.17) is 0 Å². The van der Waals surface area contributed by atoms with Gasteiger partial charge in [0.25, 0.3) is 0 Å². The van der Waals surface area contributed by atoms with Gasteiger partial charge in [0, 0.05) is 5.25 Å². The van der Waals surface area contributed by atoms with Crippen LogP contribution in [0.5, 0.6) is 0 Å². The molecule has 72 valence electrons. The Hall–Kier alpha value is 0.01000. The number of aliphatic hydroxyl groups is 1. The third kappa shape index (κ3) is 2.48. The number of hydrogen-bond acceptors (Lipinski definition) is 3. The maximum Gasteiger partial charge on any atom is 0.0662 e. The molecule has 2 atom stereocenters. The van der Waals surface area contributed by atoms with Crippen LogP contribution >= 0.6 is 23.1 Å². The topological polar surface area (TPSA) is 20.2 Å². The van der Waals surface area contributed by atoms with Crippen LogP contribution in [0.4, 0.5) is 0 Å². The van der Waals surface area contributed by atoms with Crippen molar-refractivity contribution in [2.75, 3.05) is 0 Å². The Labute approximate surface area is 87.2 Å². The predicted octanol–water partition coefficient (Wildman–Crippen LogP) is 3.14. The zero-order valence-electron chi connectivity index (χ0n) is 7.48. The third-order valence-electron chi connectivity index (χ3n) is 2.43. The first-order valence-electron chi connectivity index (χ1n) is 4.74. The summed E-state index contributed by atoms with van der Waals surface area (Å²) >= 11 is 3.62. The highest BCUT2D eigenvalue weighted by Gasteiger charge is 2.23. The highest BCUT2D eigenvalue weighted by atomic mass is 32.2. The van der Waals surface area contributed by atoms with E-state index in [1.54, 1.807) is 11.3 Å². The Kier molecular flexibility index (Phi) is 3.30. The van der Waals surface area contributed by atoms with Crippen LogP contribution in [0.3, 0.4) is 0 Å². The third-order valence-corrected chi connectivity index (χ3v) is 4.89. The SMILES string of the molecule is OC1CCCCC1Sc1cccs1. The molecule has 1 nitrogen and oxygen atoms in total. The smallest absolute Gasteiger partial charge is 0.0662 e. The Morgan fingerprint density at radius 1 is 1.38 bits per heavy atom. The van der Waals surface area contributed by atoms with Gasteiger partial charge in [-0.25, -0.2) is 0 Å². The second-order valence-electron chi connectivity index (χ2n) is 3.44. The minimum atomic E-state index is -0.0825. The van der Waals surface area contributed by atoms with E-state index in [0.717, 1.165) is 6.42 Å². The largest absolute Gasteiger partial charge is 0.392 e. The molecular formula is C10H14OS2. The minimum Gasteiger partial charge on any atom is -0.392 e. The molecule has 2 rings (SSSR count). The van der Waals surface area contributed by atoms with Crippen molar-refractivity contribution in [3.63, 3.8) is 0 Å². The lowest BCUT2D eigenvalue weighted by Gasteiger charge is -2.26. The fraction of sp³-hybridized carbons (Fsp3) is 0.600. The van der Waals surface area contributed by atoms with E-state index in [1.165, 1.54) is 23.5 Å². The van der Waals surface area contributed by atoms with Gasteiger partial charge in [0.2, 0.25) is 0 Å². The fourth-order valence-corrected chi connectivity index (χ4v) is 3.94. The van der Waals surface area contributed by atoms with Crippen molar-refractivity contribution in [1.29, 1.82) is 0 Å². The molecule has 1 aliphatic rings. The molecule has 1 aromatic rings. The Bertz CT molecular complexity index is 245. The van der Waals surface area contributed by atoms with Crippen molar-refractivity contribution in [1.82, 2.24) is 0 Å². The summed E-state index contributed by atoms with van der Waals surface area (Å²) in [5, 5.41) is 12.3. The lowest BCUT2D eigenvalue weighted by molar-refractivity contribution is 0.137. The minimum absolute atomic E-state index is 0.0825. The van der Waals surface area contributed by atoms with Gasteiger partial charge in [-0.15, -0.1) is 23.1 Å². The van der Waals surface area contributed by atoms with Crippen LogP contribution in [0.25, 0.3) is 0 Å². The summed E-state index contributed by atoms with van der Waals surface area (Å²) in [5.74, 6) is 0. The molecule has 0 radical (unpaired) electrons. The van der Waals surface area contributed by atoms with Crippen LogP contribution in [0, 0.1) is 0 Å². The van der Waals surface area contributed by atoms with E-state index in [9.17, 15) is 5.11 Å². The van der Waals surface area contributed by atoms with Crippen molar-refractivity contribution in [2.24, 2.45) is 0 Å². The van der Waals surface area contributed by atoms with Crippen molar-refractivity contribution < 1.29 is 5.11 Å². The summed E-state index contributed by atoms with van der Waals surface area (Å²) in [6, 6.07) is 4.21. The molecule has 2 unspecified atom stereocenters. The van der Waals surface area contributed by atoms with E-state index in [-0.39, 0.29) is 6.10 Å². The molecule has 1 aromatic heterocycles. The van der Waals surface area contributed by atoms with Gasteiger partial charge < -0.3 is 5.11 Å². The van der Waals surface area contributed by atoms with E-state index in [1.807, 2.05) is 11.8 Å². The molecule has 0 aliphatic heterocycles. The van der Waals surface area contributed by atoms with E-state index in [0.29, 0.717) is 5.25 Å². The average Bonchev–Trinajstić information content (AvgIpc) is 2.61. The number of rotatable bonds is 2. The molecule has 0 amide bonds. The Morgan fingerprint density at radius 2 is 2.23 bits per heavy atom. The van der Waals surface area contributed by atoms with E-state index < -0.39 is 0 Å². The first kappa shape index (κ1) is 9.56. The first-order chi connectivity index (χ1) is 6.36. The van der Waals surface area contributed by atoms with Crippen LogP contribution in [-0.4, -0.2) is 16.5 Å². The normalized spacial score (nSPS) is 29.0. The second-order valence-corrected chi connectivity index (χ2v) is 5.93. The molecular weight excluding hydrogens is 200 g/mol. The zero-order chi connectivity index (χ0) is 9.10. The molecule has 1 saturated carbocycles. The summed E-state index contributed by atoms with van der Waals surface area (Å²) in [6.45, 7) is 0. The van der Waals surface area contributed by atoms with Crippen molar-refractivity contribution in [3.8, 4) is 0 Å². The highest BCUT2D eigenvalue weighted by Crippen LogP contribution is 2.35. The summed E-state index contributed by atoms with van der Waals surface area (Å²) in [7, 11) is 0. The van der Waals surface area contributed by atoms with Crippen molar-refractivity contribution in [2.45, 2.75) is 41.2 Å². The van der Waals surface area contributed by atoms with Crippen LogP contribution in [0.2, 0.25) is 0 Å². The summed E-state index contributed by atoms with van der Waals surface area (Å²) in [5.41, 5.74) is 0. The van der Waals surface area contributed by atoms with Crippen molar-refractivity contribution in [3.05, 3.63) is 17.5 Å². The quantitative estimate of drug-likeness (QED) is 0.816. The number of thioether (sulfide) groups is 1. The molecule has 0 spiro atoms. The van der Waals surface area contributed by atoms with Gasteiger partial charge in [-0.05, 0) is 24.3 Å². The zero-order valence-corrected chi connectivity index (χ0v) is 9.11. The average molecular weight is 214 g/mol. The van der Waals surface area contributed by atoms with Crippen molar-refractivity contribution >= 4 is 23.1 Å². The van der Waals surface area contributed by atoms with Gasteiger partial charge in [-0.1, -0.05) is 18.9 Å². The predicted molar refractivity (Wildman–Crippen MR) is 58.4 cm³/mol.